The number of likely N-dealkylation sites (N-methyl/N-ethyl adjacent to an activating group) is 1. The molecule has 10 nitrogen and oxygen atoms in total. The second kappa shape index (κ2) is 11.5. The van der Waals surface area contributed by atoms with Crippen LogP contribution < -0.4 is 5.32 Å². The van der Waals surface area contributed by atoms with Crippen molar-refractivity contribution < 1.29 is 14.0 Å². The Balaban J connectivity index is 1.40. The van der Waals surface area contributed by atoms with Crippen LogP contribution in [-0.4, -0.2) is 62.2 Å². The first-order chi connectivity index (χ1) is 17.0. The van der Waals surface area contributed by atoms with Gasteiger partial charge in [0.15, 0.2) is 0 Å². The van der Waals surface area contributed by atoms with Gasteiger partial charge in [0, 0.05) is 24.4 Å². The highest BCUT2D eigenvalue weighted by Gasteiger charge is 2.19. The van der Waals surface area contributed by atoms with Gasteiger partial charge in [0.2, 0.25) is 11.7 Å². The number of amides is 1. The largest absolute Gasteiger partial charge is 0.442 e. The molecule has 0 aliphatic heterocycles. The molecule has 0 fully saturated rings. The number of nitrogens with one attached hydrogen (secondary N) is 2. The number of imidazole rings is 1. The maximum absolute atomic E-state index is 12.5. The molecule has 182 valence electrons. The number of H-pyrrole nitrogens is 1. The van der Waals surface area contributed by atoms with Gasteiger partial charge in [-0.1, -0.05) is 18.9 Å². The zero-order valence-corrected chi connectivity index (χ0v) is 19.9. The number of aromatic nitrogens is 5. The molecule has 4 rings (SSSR count). The first-order valence-electron chi connectivity index (χ1n) is 11.6. The van der Waals surface area contributed by atoms with Crippen molar-refractivity contribution in [3.05, 3.63) is 61.0 Å². The van der Waals surface area contributed by atoms with Crippen LogP contribution in [0.25, 0.3) is 22.3 Å². The van der Waals surface area contributed by atoms with Crippen molar-refractivity contribution in [3.63, 3.8) is 0 Å². The number of hydrogen-bond donors (Lipinski definition) is 2. The first kappa shape index (κ1) is 24.2. The average molecular weight is 476 g/mol. The molecule has 10 heteroatoms. The molecule has 2 N–H and O–H groups in total. The summed E-state index contributed by atoms with van der Waals surface area (Å²) in [5, 5.41) is 3.09. The van der Waals surface area contributed by atoms with Crippen LogP contribution >= 0.6 is 0 Å². The summed E-state index contributed by atoms with van der Waals surface area (Å²) in [4.78, 5) is 46.9. The number of carbonyl (C=O) groups is 2. The van der Waals surface area contributed by atoms with Crippen molar-refractivity contribution in [2.45, 2.75) is 38.1 Å². The molecule has 35 heavy (non-hydrogen) atoms. The molecular formula is C25H29N7O3. The number of aromatic amines is 1. The van der Waals surface area contributed by atoms with Crippen LogP contribution in [0.2, 0.25) is 0 Å². The molecule has 1 aromatic carbocycles. The molecule has 0 spiro atoms. The number of benzene rings is 1. The summed E-state index contributed by atoms with van der Waals surface area (Å²) in [6, 6.07) is 5.59. The Bertz CT molecular complexity index is 1270. The zero-order chi connectivity index (χ0) is 24.6. The third-order valence-electron chi connectivity index (χ3n) is 5.57. The molecule has 1 amide bonds. The lowest BCUT2D eigenvalue weighted by Crippen LogP contribution is -2.36. The van der Waals surface area contributed by atoms with Gasteiger partial charge in [0.05, 0.1) is 41.7 Å². The minimum Gasteiger partial charge on any atom is -0.442 e. The van der Waals surface area contributed by atoms with Crippen LogP contribution in [0.3, 0.4) is 0 Å². The number of ketones is 1. The van der Waals surface area contributed by atoms with Crippen LogP contribution in [0.5, 0.6) is 0 Å². The highest BCUT2D eigenvalue weighted by atomic mass is 16.3. The Morgan fingerprint density at radius 2 is 1.86 bits per heavy atom. The molecule has 0 aliphatic carbocycles. The molecule has 4 aromatic rings. The Morgan fingerprint density at radius 1 is 1.03 bits per heavy atom. The lowest BCUT2D eigenvalue weighted by Gasteiger charge is -2.18. The molecule has 0 saturated carbocycles. The van der Waals surface area contributed by atoms with Crippen molar-refractivity contribution in [1.29, 1.82) is 0 Å². The van der Waals surface area contributed by atoms with Crippen molar-refractivity contribution in [2.75, 3.05) is 20.6 Å². The molecule has 1 atom stereocenters. The van der Waals surface area contributed by atoms with Gasteiger partial charge in [-0.15, -0.1) is 0 Å². The van der Waals surface area contributed by atoms with Crippen molar-refractivity contribution >= 4 is 22.7 Å². The second-order valence-corrected chi connectivity index (χ2v) is 8.66. The summed E-state index contributed by atoms with van der Waals surface area (Å²) >= 11 is 0. The van der Waals surface area contributed by atoms with Gasteiger partial charge in [-0.2, -0.15) is 0 Å². The van der Waals surface area contributed by atoms with Crippen molar-refractivity contribution in [3.8, 4) is 11.3 Å². The predicted molar refractivity (Wildman–Crippen MR) is 130 cm³/mol. The van der Waals surface area contributed by atoms with Gasteiger partial charge < -0.3 is 19.6 Å². The van der Waals surface area contributed by atoms with Gasteiger partial charge in [-0.05, 0) is 39.1 Å². The summed E-state index contributed by atoms with van der Waals surface area (Å²) in [6.45, 7) is 0.290. The lowest BCUT2D eigenvalue weighted by atomic mass is 10.1. The van der Waals surface area contributed by atoms with Crippen molar-refractivity contribution in [1.82, 2.24) is 35.1 Å². The van der Waals surface area contributed by atoms with E-state index in [1.54, 1.807) is 18.6 Å². The monoisotopic (exact) mass is 475 g/mol. The lowest BCUT2D eigenvalue weighted by molar-refractivity contribution is -0.122. The van der Waals surface area contributed by atoms with Crippen LogP contribution in [0.4, 0.5) is 0 Å². The van der Waals surface area contributed by atoms with Gasteiger partial charge in [0.1, 0.15) is 12.1 Å². The Morgan fingerprint density at radius 3 is 2.63 bits per heavy atom. The van der Waals surface area contributed by atoms with Gasteiger partial charge in [-0.3, -0.25) is 19.6 Å². The number of hydrogen-bond acceptors (Lipinski definition) is 8. The number of unbranched alkanes of at least 4 members (excludes halogenated alkanes) is 2. The third-order valence-corrected chi connectivity index (χ3v) is 5.57. The number of carbonyl (C=O) groups excluding carboxylic acids is 2. The van der Waals surface area contributed by atoms with E-state index in [1.807, 2.05) is 37.2 Å². The summed E-state index contributed by atoms with van der Waals surface area (Å²) in [5.41, 5.74) is 3.42. The van der Waals surface area contributed by atoms with Gasteiger partial charge >= 0.3 is 0 Å². The zero-order valence-electron chi connectivity index (χ0n) is 19.9. The van der Waals surface area contributed by atoms with Crippen LogP contribution in [0.15, 0.2) is 53.7 Å². The predicted octanol–water partition coefficient (Wildman–Crippen LogP) is 3.56. The van der Waals surface area contributed by atoms with E-state index in [-0.39, 0.29) is 30.2 Å². The van der Waals surface area contributed by atoms with E-state index in [9.17, 15) is 9.59 Å². The Kier molecular flexibility index (Phi) is 7.94. The third kappa shape index (κ3) is 6.57. The van der Waals surface area contributed by atoms with E-state index in [0.29, 0.717) is 18.7 Å². The maximum atomic E-state index is 12.5. The highest BCUT2D eigenvalue weighted by Crippen LogP contribution is 2.24. The quantitative estimate of drug-likeness (QED) is 0.235. The van der Waals surface area contributed by atoms with Crippen molar-refractivity contribution in [2.24, 2.45) is 0 Å². The number of rotatable bonds is 12. The smallest absolute Gasteiger partial charge is 0.263 e. The standard InChI is InChI=1S/C25H29N7O3/c1-32(2)16-23(34)30-19(6-4-3-5-7-22(33)25-28-12-13-35-25)24-29-15-21(31-24)17-8-9-18-20(14-17)27-11-10-26-18/h8-15,19H,3-7,16H2,1-2H3,(H,29,31)(H,30,34)/t19-/m0/s1. The van der Waals surface area contributed by atoms with E-state index in [2.05, 4.69) is 30.2 Å². The minimum atomic E-state index is -0.265. The number of Topliss-reactive ketones (excluding diaryl/α,β-unsaturated/α-hetero) is 1. The van der Waals surface area contributed by atoms with E-state index in [1.165, 1.54) is 12.5 Å². The molecule has 0 unspecified atom stereocenters. The fourth-order valence-electron chi connectivity index (χ4n) is 3.87. The van der Waals surface area contributed by atoms with E-state index in [4.69, 9.17) is 4.42 Å². The highest BCUT2D eigenvalue weighted by molar-refractivity contribution is 5.91. The first-order valence-corrected chi connectivity index (χ1v) is 11.6. The maximum Gasteiger partial charge on any atom is 0.263 e. The minimum absolute atomic E-state index is 0.0713. The fraction of sp³-hybridized carbons (Fsp3) is 0.360. The number of nitrogens with zero attached hydrogens (tertiary/aromatic N) is 5. The normalized spacial score (nSPS) is 12.2. The Labute approximate surface area is 203 Å². The topological polar surface area (TPSA) is 130 Å². The molecular weight excluding hydrogens is 446 g/mol. The van der Waals surface area contributed by atoms with E-state index in [0.717, 1.165) is 41.6 Å². The number of oxazole rings is 1. The van der Waals surface area contributed by atoms with E-state index < -0.39 is 0 Å². The Hall–Kier alpha value is -3.92. The summed E-state index contributed by atoms with van der Waals surface area (Å²) in [6.07, 6.45) is 11.4. The van der Waals surface area contributed by atoms with E-state index >= 15 is 0 Å². The second-order valence-electron chi connectivity index (χ2n) is 8.66. The molecule has 3 aromatic heterocycles. The average Bonchev–Trinajstić information content (AvgIpc) is 3.55. The molecule has 0 bridgehead atoms. The van der Waals surface area contributed by atoms with Crippen LogP contribution in [0, 0.1) is 0 Å². The summed E-state index contributed by atoms with van der Waals surface area (Å²) in [7, 11) is 3.71. The molecule has 0 radical (unpaired) electrons. The summed E-state index contributed by atoms with van der Waals surface area (Å²) in [5.74, 6) is 0.684. The number of fused-ring (bicyclic) bond motifs is 1. The van der Waals surface area contributed by atoms with Crippen LogP contribution in [0.1, 0.15) is 54.7 Å². The van der Waals surface area contributed by atoms with Crippen LogP contribution in [-0.2, 0) is 4.79 Å². The SMILES string of the molecule is CN(C)CC(=O)N[C@@H](CCCCCC(=O)c1ncco1)c1ncc(-c2ccc3nccnc3c2)[nH]1. The summed E-state index contributed by atoms with van der Waals surface area (Å²) < 4.78 is 5.05. The van der Waals surface area contributed by atoms with Gasteiger partial charge in [-0.25, -0.2) is 9.97 Å². The van der Waals surface area contributed by atoms with Gasteiger partial charge in [0.25, 0.3) is 5.89 Å². The molecule has 0 saturated heterocycles. The fourth-order valence-corrected chi connectivity index (χ4v) is 3.87. The molecule has 3 heterocycles. The molecule has 0 aliphatic rings.